The third-order valence-corrected chi connectivity index (χ3v) is 2.57. The lowest BCUT2D eigenvalue weighted by Crippen LogP contribution is -2.22. The van der Waals surface area contributed by atoms with Gasteiger partial charge >= 0.3 is 0 Å². The highest BCUT2D eigenvalue weighted by atomic mass is 32.1. The molecule has 1 atom stereocenters. The molecule has 1 saturated heterocycles. The Morgan fingerprint density at radius 1 is 1.69 bits per heavy atom. The fraction of sp³-hybridized carbons (Fsp3) is 0.571. The van der Waals surface area contributed by atoms with Gasteiger partial charge in [0, 0.05) is 24.5 Å². The van der Waals surface area contributed by atoms with Gasteiger partial charge in [-0.15, -0.1) is 0 Å². The van der Waals surface area contributed by atoms with Gasteiger partial charge < -0.3 is 10.6 Å². The van der Waals surface area contributed by atoms with E-state index in [1.54, 1.807) is 0 Å². The number of carbonyl (C=O) groups is 1. The van der Waals surface area contributed by atoms with Crippen LogP contribution in [0.2, 0.25) is 0 Å². The molecule has 1 fully saturated rings. The van der Waals surface area contributed by atoms with E-state index in [4.69, 9.17) is 0 Å². The molecule has 1 aromatic rings. The summed E-state index contributed by atoms with van der Waals surface area (Å²) in [5.74, 6) is 0.864. The molecule has 6 heteroatoms. The normalized spacial score (nSPS) is 21.6. The summed E-state index contributed by atoms with van der Waals surface area (Å²) in [6.45, 7) is 2.52. The van der Waals surface area contributed by atoms with Crippen molar-refractivity contribution in [2.45, 2.75) is 19.4 Å². The number of amides is 1. The number of nitrogens with zero attached hydrogens (tertiary/aromatic N) is 2. The summed E-state index contributed by atoms with van der Waals surface area (Å²) in [6, 6.07) is 0.167. The second-order valence-corrected chi connectivity index (χ2v) is 3.75. The van der Waals surface area contributed by atoms with Crippen molar-refractivity contribution in [3.05, 3.63) is 5.82 Å². The fourth-order valence-corrected chi connectivity index (χ4v) is 1.89. The summed E-state index contributed by atoms with van der Waals surface area (Å²) in [6.07, 6.45) is 0.526. The fourth-order valence-electron chi connectivity index (χ4n) is 1.24. The van der Waals surface area contributed by atoms with E-state index < -0.39 is 0 Å². The van der Waals surface area contributed by atoms with Crippen molar-refractivity contribution >= 4 is 22.6 Å². The summed E-state index contributed by atoms with van der Waals surface area (Å²) in [7, 11) is 0. The average molecular weight is 198 g/mol. The van der Waals surface area contributed by atoms with Crippen molar-refractivity contribution in [1.29, 1.82) is 0 Å². The Bertz CT molecular complexity index is 324. The molecule has 13 heavy (non-hydrogen) atoms. The summed E-state index contributed by atoms with van der Waals surface area (Å²) >= 11 is 1.33. The highest BCUT2D eigenvalue weighted by Gasteiger charge is 2.21. The summed E-state index contributed by atoms with van der Waals surface area (Å²) in [5, 5.41) is 6.70. The van der Waals surface area contributed by atoms with Gasteiger partial charge in [-0.2, -0.15) is 4.37 Å². The highest BCUT2D eigenvalue weighted by Crippen LogP contribution is 2.14. The van der Waals surface area contributed by atoms with Crippen LogP contribution in [0.3, 0.4) is 0 Å². The first-order valence-corrected chi connectivity index (χ1v) is 4.85. The lowest BCUT2D eigenvalue weighted by Gasteiger charge is -2.06. The minimum absolute atomic E-state index is 0.0961. The Morgan fingerprint density at radius 3 is 3.08 bits per heavy atom. The van der Waals surface area contributed by atoms with E-state index in [1.165, 1.54) is 11.5 Å². The Kier molecular flexibility index (Phi) is 2.13. The van der Waals surface area contributed by atoms with E-state index in [0.717, 1.165) is 11.0 Å². The molecule has 1 aliphatic heterocycles. The van der Waals surface area contributed by atoms with Crippen LogP contribution in [-0.4, -0.2) is 27.9 Å². The van der Waals surface area contributed by atoms with E-state index in [-0.39, 0.29) is 11.9 Å². The molecule has 1 amide bonds. The van der Waals surface area contributed by atoms with Crippen molar-refractivity contribution in [3.8, 4) is 0 Å². The number of carbonyl (C=O) groups excluding carboxylic acids is 1. The number of hydrogen-bond donors (Lipinski definition) is 2. The van der Waals surface area contributed by atoms with Gasteiger partial charge in [0.15, 0.2) is 0 Å². The highest BCUT2D eigenvalue weighted by molar-refractivity contribution is 7.09. The molecule has 2 heterocycles. The van der Waals surface area contributed by atoms with E-state index in [1.807, 2.05) is 6.92 Å². The maximum atomic E-state index is 10.9. The molecule has 1 aromatic heterocycles. The Balaban J connectivity index is 1.95. The van der Waals surface area contributed by atoms with Gasteiger partial charge in [-0.1, -0.05) is 0 Å². The number of hydrogen-bond acceptors (Lipinski definition) is 5. The molecular weight excluding hydrogens is 188 g/mol. The van der Waals surface area contributed by atoms with Gasteiger partial charge in [0.05, 0.1) is 6.04 Å². The number of rotatable bonds is 2. The monoisotopic (exact) mass is 198 g/mol. The van der Waals surface area contributed by atoms with Crippen molar-refractivity contribution < 1.29 is 4.79 Å². The first kappa shape index (κ1) is 8.43. The first-order chi connectivity index (χ1) is 6.24. The van der Waals surface area contributed by atoms with Crippen molar-refractivity contribution in [2.75, 3.05) is 11.9 Å². The molecule has 0 bridgehead atoms. The largest absolute Gasteiger partial charge is 0.355 e. The predicted molar refractivity (Wildman–Crippen MR) is 49.7 cm³/mol. The van der Waals surface area contributed by atoms with E-state index >= 15 is 0 Å². The number of nitrogens with one attached hydrogen (secondary N) is 2. The summed E-state index contributed by atoms with van der Waals surface area (Å²) in [4.78, 5) is 15.0. The second-order valence-electron chi connectivity index (χ2n) is 3.00. The Morgan fingerprint density at radius 2 is 2.54 bits per heavy atom. The van der Waals surface area contributed by atoms with Crippen LogP contribution in [-0.2, 0) is 4.79 Å². The van der Waals surface area contributed by atoms with Crippen LogP contribution in [0.4, 0.5) is 5.13 Å². The molecule has 5 nitrogen and oxygen atoms in total. The molecule has 0 radical (unpaired) electrons. The minimum atomic E-state index is 0.0961. The van der Waals surface area contributed by atoms with Crippen LogP contribution in [0, 0.1) is 6.92 Å². The molecule has 1 aliphatic rings. The Labute approximate surface area is 79.7 Å². The van der Waals surface area contributed by atoms with Crippen molar-refractivity contribution in [1.82, 2.24) is 14.7 Å². The van der Waals surface area contributed by atoms with Crippen LogP contribution in [0.25, 0.3) is 0 Å². The van der Waals surface area contributed by atoms with Crippen LogP contribution >= 0.6 is 11.5 Å². The minimum Gasteiger partial charge on any atom is -0.355 e. The molecule has 70 valence electrons. The molecule has 0 aromatic carbocycles. The molecule has 0 aliphatic carbocycles. The van der Waals surface area contributed by atoms with Crippen LogP contribution in [0.1, 0.15) is 12.2 Å². The standard InChI is InChI=1S/C7H10N4OS/c1-4-9-7(13-11-4)10-5-2-6(12)8-3-5/h5H,2-3H2,1H3,(H,8,12)(H,9,10,11). The van der Waals surface area contributed by atoms with E-state index in [9.17, 15) is 4.79 Å². The van der Waals surface area contributed by atoms with Gasteiger partial charge in [-0.3, -0.25) is 4.79 Å². The summed E-state index contributed by atoms with van der Waals surface area (Å²) < 4.78 is 4.04. The van der Waals surface area contributed by atoms with Crippen molar-refractivity contribution in [2.24, 2.45) is 0 Å². The molecule has 0 saturated carbocycles. The quantitative estimate of drug-likeness (QED) is 0.709. The number of anilines is 1. The third kappa shape index (κ3) is 1.95. The average Bonchev–Trinajstić information content (AvgIpc) is 2.62. The smallest absolute Gasteiger partial charge is 0.222 e. The van der Waals surface area contributed by atoms with Crippen molar-refractivity contribution in [3.63, 3.8) is 0 Å². The van der Waals surface area contributed by atoms with E-state index in [2.05, 4.69) is 20.0 Å². The Hall–Kier alpha value is -1.17. The lowest BCUT2D eigenvalue weighted by atomic mass is 10.3. The zero-order valence-corrected chi connectivity index (χ0v) is 8.02. The van der Waals surface area contributed by atoms with Gasteiger partial charge in [0.2, 0.25) is 11.0 Å². The molecule has 2 rings (SSSR count). The SMILES string of the molecule is Cc1nsc(NC2CNC(=O)C2)n1. The summed E-state index contributed by atoms with van der Waals surface area (Å²) in [5.41, 5.74) is 0. The maximum Gasteiger partial charge on any atom is 0.222 e. The number of aromatic nitrogens is 2. The van der Waals surface area contributed by atoms with Crippen LogP contribution in [0.15, 0.2) is 0 Å². The zero-order chi connectivity index (χ0) is 9.26. The van der Waals surface area contributed by atoms with Gasteiger partial charge in [0.25, 0.3) is 0 Å². The van der Waals surface area contributed by atoms with Crippen LogP contribution < -0.4 is 10.6 Å². The molecular formula is C7H10N4OS. The number of aryl methyl sites for hydroxylation is 1. The topological polar surface area (TPSA) is 66.9 Å². The molecule has 1 unspecified atom stereocenters. The first-order valence-electron chi connectivity index (χ1n) is 4.07. The lowest BCUT2D eigenvalue weighted by molar-refractivity contribution is -0.119. The molecule has 0 spiro atoms. The zero-order valence-electron chi connectivity index (χ0n) is 7.20. The third-order valence-electron chi connectivity index (χ3n) is 1.83. The maximum absolute atomic E-state index is 10.9. The van der Waals surface area contributed by atoms with Gasteiger partial charge in [-0.05, 0) is 6.92 Å². The molecule has 2 N–H and O–H groups in total. The van der Waals surface area contributed by atoms with E-state index in [0.29, 0.717) is 13.0 Å². The predicted octanol–water partition coefficient (Wildman–Crippen LogP) is 0.147. The van der Waals surface area contributed by atoms with Gasteiger partial charge in [-0.25, -0.2) is 4.98 Å². The van der Waals surface area contributed by atoms with Crippen LogP contribution in [0.5, 0.6) is 0 Å². The second kappa shape index (κ2) is 3.29. The van der Waals surface area contributed by atoms with Gasteiger partial charge in [0.1, 0.15) is 5.82 Å².